The molecule has 0 fully saturated rings. The van der Waals surface area contributed by atoms with Crippen LogP contribution in [-0.2, 0) is 21.8 Å². The first-order valence-electron chi connectivity index (χ1n) is 11.1. The molecule has 0 saturated heterocycles. The number of aryl methyl sites for hydroxylation is 1. The Bertz CT molecular complexity index is 1420. The van der Waals surface area contributed by atoms with Crippen LogP contribution in [0.1, 0.15) is 45.9 Å². The van der Waals surface area contributed by atoms with Crippen molar-refractivity contribution >= 4 is 41.7 Å². The van der Waals surface area contributed by atoms with Crippen LogP contribution in [0.25, 0.3) is 0 Å². The largest absolute Gasteiger partial charge is 0.506 e. The first-order valence-corrected chi connectivity index (χ1v) is 14.5. The van der Waals surface area contributed by atoms with E-state index in [4.69, 9.17) is 0 Å². The fraction of sp³-hybridized carbons (Fsp3) is 0.333. The topological polar surface area (TPSA) is 77.8 Å². The van der Waals surface area contributed by atoms with E-state index in [1.165, 1.54) is 6.26 Å². The van der Waals surface area contributed by atoms with Crippen molar-refractivity contribution in [3.8, 4) is 11.5 Å². The molecule has 0 spiro atoms. The molecule has 3 rings (SSSR count). The Labute approximate surface area is 225 Å². The summed E-state index contributed by atoms with van der Waals surface area (Å²) in [5.74, 6) is 0.320. The average molecular weight is 625 g/mol. The smallest absolute Gasteiger partial charge is 0.175 e. The van der Waals surface area contributed by atoms with E-state index in [9.17, 15) is 18.6 Å². The van der Waals surface area contributed by atoms with Crippen LogP contribution in [0.5, 0.6) is 11.5 Å². The number of phenols is 2. The molecule has 0 aromatic heterocycles. The maximum absolute atomic E-state index is 12.9. The van der Waals surface area contributed by atoms with Crippen molar-refractivity contribution in [2.45, 2.75) is 44.6 Å². The van der Waals surface area contributed by atoms with Crippen LogP contribution >= 0.6 is 31.9 Å². The highest BCUT2D eigenvalue weighted by Gasteiger charge is 2.39. The molecule has 0 aliphatic carbocycles. The quantitative estimate of drug-likeness (QED) is 0.312. The number of hydrogen-bond donors (Lipinski definition) is 2. The SMILES string of the molecule is Cc1cc(C(C)(c2ccccc2S(C)(=O)=O)c2cc(CN(C)C)c(O)c(Br)c2C)c(C)c(Br)c1O. The first-order chi connectivity index (χ1) is 16.1. The highest BCUT2D eigenvalue weighted by atomic mass is 79.9. The predicted molar refractivity (Wildman–Crippen MR) is 148 cm³/mol. The second kappa shape index (κ2) is 9.88. The summed E-state index contributed by atoms with van der Waals surface area (Å²) in [6, 6.07) is 10.9. The third kappa shape index (κ3) is 4.90. The minimum Gasteiger partial charge on any atom is -0.506 e. The summed E-state index contributed by atoms with van der Waals surface area (Å²) in [5.41, 5.74) is 4.39. The van der Waals surface area contributed by atoms with Crippen molar-refractivity contribution in [1.29, 1.82) is 0 Å². The van der Waals surface area contributed by atoms with E-state index in [0.717, 1.165) is 27.8 Å². The first kappa shape index (κ1) is 27.7. The number of rotatable bonds is 6. The zero-order valence-electron chi connectivity index (χ0n) is 21.0. The maximum Gasteiger partial charge on any atom is 0.175 e. The summed E-state index contributed by atoms with van der Waals surface area (Å²) >= 11 is 7.13. The van der Waals surface area contributed by atoms with Crippen molar-refractivity contribution in [3.63, 3.8) is 0 Å². The van der Waals surface area contributed by atoms with E-state index >= 15 is 0 Å². The van der Waals surface area contributed by atoms with Gasteiger partial charge in [-0.3, -0.25) is 0 Å². The molecule has 0 aliphatic rings. The lowest BCUT2D eigenvalue weighted by Gasteiger charge is -2.37. The van der Waals surface area contributed by atoms with E-state index in [0.29, 0.717) is 26.6 Å². The minimum atomic E-state index is -3.56. The third-order valence-electron chi connectivity index (χ3n) is 6.63. The van der Waals surface area contributed by atoms with Crippen LogP contribution in [0.15, 0.2) is 50.2 Å². The van der Waals surface area contributed by atoms with Crippen LogP contribution in [0, 0.1) is 20.8 Å². The minimum absolute atomic E-state index is 0.155. The van der Waals surface area contributed by atoms with E-state index in [-0.39, 0.29) is 16.4 Å². The van der Waals surface area contributed by atoms with E-state index in [1.54, 1.807) is 12.1 Å². The predicted octanol–water partition coefficient (Wildman–Crippen LogP) is 6.37. The number of benzene rings is 3. The van der Waals surface area contributed by atoms with E-state index < -0.39 is 15.3 Å². The number of aromatic hydroxyl groups is 2. The van der Waals surface area contributed by atoms with Crippen molar-refractivity contribution in [3.05, 3.63) is 84.3 Å². The lowest BCUT2D eigenvalue weighted by Crippen LogP contribution is -2.30. The Morgan fingerprint density at radius 2 is 1.40 bits per heavy atom. The summed E-state index contributed by atoms with van der Waals surface area (Å²) in [7, 11) is 0.288. The van der Waals surface area contributed by atoms with Gasteiger partial charge in [-0.2, -0.15) is 0 Å². The number of nitrogens with zero attached hydrogens (tertiary/aromatic N) is 1. The molecule has 5 nitrogen and oxygen atoms in total. The van der Waals surface area contributed by atoms with Gasteiger partial charge in [-0.05, 0) is 119 Å². The van der Waals surface area contributed by atoms with Gasteiger partial charge in [0.1, 0.15) is 11.5 Å². The molecule has 0 saturated carbocycles. The molecule has 0 radical (unpaired) electrons. The van der Waals surface area contributed by atoms with Gasteiger partial charge in [0, 0.05) is 23.8 Å². The second-order valence-electron chi connectivity index (χ2n) is 9.53. The fourth-order valence-corrected chi connectivity index (χ4v) is 6.78. The molecular weight excluding hydrogens is 594 g/mol. The summed E-state index contributed by atoms with van der Waals surface area (Å²) in [6.07, 6.45) is 1.22. The Hall–Kier alpha value is -1.87. The zero-order chi connectivity index (χ0) is 26.5. The molecule has 8 heteroatoms. The maximum atomic E-state index is 12.9. The van der Waals surface area contributed by atoms with Gasteiger partial charge in [0.15, 0.2) is 9.84 Å². The molecule has 1 atom stereocenters. The van der Waals surface area contributed by atoms with E-state index in [1.807, 2.05) is 71.0 Å². The average Bonchev–Trinajstić information content (AvgIpc) is 2.79. The fourth-order valence-electron chi connectivity index (χ4n) is 4.79. The standard InChI is InChI=1S/C27H31Br2NO4S/c1-15-12-20(16(2)23(28)25(15)31)27(4,19-10-8-9-11-22(19)35(7,33)34)21-13-18(14-30(5)6)26(32)24(29)17(21)3/h8-13,31-32H,14H2,1-7H3. The van der Waals surface area contributed by atoms with Crippen molar-refractivity contribution in [1.82, 2.24) is 4.90 Å². The van der Waals surface area contributed by atoms with Gasteiger partial charge in [0.2, 0.25) is 0 Å². The molecule has 0 aliphatic heterocycles. The number of phenolic OH excluding ortho intramolecular Hbond substituents is 2. The lowest BCUT2D eigenvalue weighted by molar-refractivity contribution is 0.384. The lowest BCUT2D eigenvalue weighted by atomic mass is 9.67. The molecule has 35 heavy (non-hydrogen) atoms. The van der Waals surface area contributed by atoms with Gasteiger partial charge in [0.05, 0.1) is 13.8 Å². The van der Waals surface area contributed by atoms with Crippen LogP contribution in [0.4, 0.5) is 0 Å². The van der Waals surface area contributed by atoms with Crippen molar-refractivity contribution < 1.29 is 18.6 Å². The highest BCUT2D eigenvalue weighted by molar-refractivity contribution is 9.11. The monoisotopic (exact) mass is 623 g/mol. The highest BCUT2D eigenvalue weighted by Crippen LogP contribution is 2.50. The van der Waals surface area contributed by atoms with Crippen molar-refractivity contribution in [2.75, 3.05) is 20.4 Å². The van der Waals surface area contributed by atoms with Gasteiger partial charge in [-0.1, -0.05) is 24.3 Å². The molecule has 188 valence electrons. The number of hydrogen-bond acceptors (Lipinski definition) is 5. The Morgan fingerprint density at radius 3 is 1.94 bits per heavy atom. The van der Waals surface area contributed by atoms with Gasteiger partial charge in [-0.25, -0.2) is 8.42 Å². The molecule has 0 heterocycles. The van der Waals surface area contributed by atoms with Crippen LogP contribution in [0.3, 0.4) is 0 Å². The van der Waals surface area contributed by atoms with Gasteiger partial charge in [0.25, 0.3) is 0 Å². The summed E-state index contributed by atoms with van der Waals surface area (Å²) in [5, 5.41) is 21.5. The number of halogens is 2. The van der Waals surface area contributed by atoms with Gasteiger partial charge < -0.3 is 15.1 Å². The normalized spacial score (nSPS) is 13.8. The Balaban J connectivity index is 2.60. The summed E-state index contributed by atoms with van der Waals surface area (Å²) < 4.78 is 27.0. The van der Waals surface area contributed by atoms with Crippen LogP contribution < -0.4 is 0 Å². The van der Waals surface area contributed by atoms with Crippen LogP contribution in [-0.4, -0.2) is 43.9 Å². The Kier molecular flexibility index (Phi) is 7.83. The van der Waals surface area contributed by atoms with Crippen molar-refractivity contribution in [2.24, 2.45) is 0 Å². The molecule has 3 aromatic rings. The number of sulfone groups is 1. The Morgan fingerprint density at radius 1 is 0.886 bits per heavy atom. The second-order valence-corrected chi connectivity index (χ2v) is 13.1. The molecule has 0 amide bonds. The van der Waals surface area contributed by atoms with Gasteiger partial charge >= 0.3 is 0 Å². The van der Waals surface area contributed by atoms with Crippen LogP contribution in [0.2, 0.25) is 0 Å². The third-order valence-corrected chi connectivity index (χ3v) is 9.72. The van der Waals surface area contributed by atoms with Gasteiger partial charge in [-0.15, -0.1) is 0 Å². The molecular formula is C27H31Br2NO4S. The molecule has 2 N–H and O–H groups in total. The molecule has 0 bridgehead atoms. The summed E-state index contributed by atoms with van der Waals surface area (Å²) in [4.78, 5) is 2.20. The summed E-state index contributed by atoms with van der Waals surface area (Å²) in [6.45, 7) is 8.15. The molecule has 1 unspecified atom stereocenters. The van der Waals surface area contributed by atoms with E-state index in [2.05, 4.69) is 31.9 Å². The zero-order valence-corrected chi connectivity index (χ0v) is 25.0. The molecule has 3 aromatic carbocycles.